The lowest BCUT2D eigenvalue weighted by Crippen LogP contribution is -2.20. The van der Waals surface area contributed by atoms with Crippen molar-refractivity contribution in [3.63, 3.8) is 0 Å². The maximum Gasteiger partial charge on any atom is 0.220 e. The number of fused-ring (bicyclic) bond motifs is 3. The lowest BCUT2D eigenvalue weighted by molar-refractivity contribution is 0.591. The van der Waals surface area contributed by atoms with Gasteiger partial charge in [0.1, 0.15) is 5.25 Å². The monoisotopic (exact) mass is 279 g/mol. The quantitative estimate of drug-likeness (QED) is 0.872. The highest BCUT2D eigenvalue weighted by Gasteiger charge is 2.35. The SMILES string of the molecule is NS(=O)(=O)C1c2ccccc2-c2ccc(Cl)cc21. The van der Waals surface area contributed by atoms with Crippen molar-refractivity contribution < 1.29 is 8.42 Å². The molecule has 0 radical (unpaired) electrons. The maximum absolute atomic E-state index is 11.8. The van der Waals surface area contributed by atoms with E-state index < -0.39 is 15.3 Å². The Bertz CT molecular complexity index is 740. The van der Waals surface area contributed by atoms with Crippen LogP contribution >= 0.6 is 11.6 Å². The van der Waals surface area contributed by atoms with Gasteiger partial charge in [0.05, 0.1) is 0 Å². The summed E-state index contributed by atoms with van der Waals surface area (Å²) in [6.45, 7) is 0. The molecule has 1 aliphatic carbocycles. The molecule has 0 aliphatic heterocycles. The summed E-state index contributed by atoms with van der Waals surface area (Å²) in [4.78, 5) is 0. The highest BCUT2D eigenvalue weighted by Crippen LogP contribution is 2.47. The van der Waals surface area contributed by atoms with E-state index in [1.165, 1.54) is 0 Å². The molecule has 0 fully saturated rings. The number of nitrogens with two attached hydrogens (primary N) is 1. The van der Waals surface area contributed by atoms with E-state index >= 15 is 0 Å². The molecule has 0 spiro atoms. The van der Waals surface area contributed by atoms with E-state index in [1.54, 1.807) is 18.2 Å². The Morgan fingerprint density at radius 2 is 1.67 bits per heavy atom. The first-order chi connectivity index (χ1) is 8.48. The number of sulfonamides is 1. The van der Waals surface area contributed by atoms with E-state index in [9.17, 15) is 8.42 Å². The molecule has 2 N–H and O–H groups in total. The third-order valence-corrected chi connectivity index (χ3v) is 4.56. The summed E-state index contributed by atoms with van der Waals surface area (Å²) in [7, 11) is -3.70. The summed E-state index contributed by atoms with van der Waals surface area (Å²) in [5.74, 6) is 0. The van der Waals surface area contributed by atoms with Crippen molar-refractivity contribution in [1.29, 1.82) is 0 Å². The van der Waals surface area contributed by atoms with Gasteiger partial charge in [-0.05, 0) is 34.4 Å². The van der Waals surface area contributed by atoms with Gasteiger partial charge in [0.2, 0.25) is 10.0 Å². The molecule has 3 nitrogen and oxygen atoms in total. The summed E-state index contributed by atoms with van der Waals surface area (Å²) in [5, 5.41) is 5.04. The minimum Gasteiger partial charge on any atom is -0.228 e. The fourth-order valence-electron chi connectivity index (χ4n) is 2.49. The molecular weight excluding hydrogens is 270 g/mol. The molecule has 1 unspecified atom stereocenters. The molecule has 0 heterocycles. The molecule has 0 aromatic heterocycles. The summed E-state index contributed by atoms with van der Waals surface area (Å²) in [6.07, 6.45) is 0. The van der Waals surface area contributed by atoms with E-state index in [1.807, 2.05) is 24.3 Å². The average molecular weight is 280 g/mol. The van der Waals surface area contributed by atoms with Crippen LogP contribution in [-0.4, -0.2) is 8.42 Å². The zero-order chi connectivity index (χ0) is 12.9. The molecule has 0 saturated carbocycles. The lowest BCUT2D eigenvalue weighted by atomic mass is 10.1. The van der Waals surface area contributed by atoms with Crippen LogP contribution in [0.1, 0.15) is 16.4 Å². The van der Waals surface area contributed by atoms with Gasteiger partial charge >= 0.3 is 0 Å². The Morgan fingerprint density at radius 3 is 2.39 bits per heavy atom. The van der Waals surface area contributed by atoms with Gasteiger partial charge in [-0.3, -0.25) is 0 Å². The zero-order valence-corrected chi connectivity index (χ0v) is 10.9. The molecule has 92 valence electrons. The first-order valence-corrected chi connectivity index (χ1v) is 7.37. The molecule has 3 rings (SSSR count). The number of benzene rings is 2. The zero-order valence-electron chi connectivity index (χ0n) is 9.30. The van der Waals surface area contributed by atoms with Crippen molar-refractivity contribution in [3.8, 4) is 11.1 Å². The van der Waals surface area contributed by atoms with Crippen molar-refractivity contribution in [2.24, 2.45) is 5.14 Å². The van der Waals surface area contributed by atoms with Gasteiger partial charge in [0.25, 0.3) is 0 Å². The van der Waals surface area contributed by atoms with Crippen LogP contribution in [0.15, 0.2) is 42.5 Å². The second-order valence-electron chi connectivity index (χ2n) is 4.29. The van der Waals surface area contributed by atoms with Crippen LogP contribution in [0.25, 0.3) is 11.1 Å². The summed E-state index contributed by atoms with van der Waals surface area (Å²) in [5.41, 5.74) is 3.17. The van der Waals surface area contributed by atoms with Gasteiger partial charge in [-0.1, -0.05) is 41.9 Å². The number of hydrogen-bond donors (Lipinski definition) is 1. The largest absolute Gasteiger partial charge is 0.228 e. The Kier molecular flexibility index (Phi) is 2.48. The molecule has 0 saturated heterocycles. The molecule has 0 amide bonds. The van der Waals surface area contributed by atoms with Crippen LogP contribution in [-0.2, 0) is 10.0 Å². The summed E-state index contributed by atoms with van der Waals surface area (Å²) in [6, 6.07) is 12.6. The normalized spacial score (nSPS) is 17.3. The smallest absolute Gasteiger partial charge is 0.220 e. The number of primary sulfonamides is 1. The highest BCUT2D eigenvalue weighted by atomic mass is 35.5. The van der Waals surface area contributed by atoms with Gasteiger partial charge in [0.15, 0.2) is 0 Å². The number of halogens is 1. The molecule has 1 atom stereocenters. The van der Waals surface area contributed by atoms with Gasteiger partial charge in [-0.2, -0.15) is 0 Å². The molecule has 1 aliphatic rings. The topological polar surface area (TPSA) is 60.2 Å². The van der Waals surface area contributed by atoms with Gasteiger partial charge in [-0.25, -0.2) is 13.6 Å². The Hall–Kier alpha value is -1.36. The molecule has 0 bridgehead atoms. The maximum atomic E-state index is 11.8. The van der Waals surface area contributed by atoms with Crippen LogP contribution < -0.4 is 5.14 Å². The van der Waals surface area contributed by atoms with Crippen molar-refractivity contribution in [2.45, 2.75) is 5.25 Å². The van der Waals surface area contributed by atoms with Crippen molar-refractivity contribution in [3.05, 3.63) is 58.6 Å². The second kappa shape index (κ2) is 3.82. The van der Waals surface area contributed by atoms with Crippen molar-refractivity contribution in [2.75, 3.05) is 0 Å². The average Bonchev–Trinajstić information content (AvgIpc) is 2.61. The van der Waals surface area contributed by atoms with E-state index in [2.05, 4.69) is 0 Å². The van der Waals surface area contributed by atoms with E-state index in [-0.39, 0.29) is 0 Å². The number of hydrogen-bond acceptors (Lipinski definition) is 2. The number of rotatable bonds is 1. The van der Waals surface area contributed by atoms with Crippen molar-refractivity contribution in [1.82, 2.24) is 0 Å². The Labute approximate surface area is 110 Å². The molecule has 5 heteroatoms. The fraction of sp³-hybridized carbons (Fsp3) is 0.0769. The Balaban J connectivity index is 2.39. The van der Waals surface area contributed by atoms with Gasteiger partial charge < -0.3 is 0 Å². The van der Waals surface area contributed by atoms with E-state index in [4.69, 9.17) is 16.7 Å². The first kappa shape index (κ1) is 11.7. The molecule has 18 heavy (non-hydrogen) atoms. The summed E-state index contributed by atoms with van der Waals surface area (Å²) >= 11 is 5.95. The predicted octanol–water partition coefficient (Wildman–Crippen LogP) is 2.70. The van der Waals surface area contributed by atoms with Crippen molar-refractivity contribution >= 4 is 21.6 Å². The van der Waals surface area contributed by atoms with Gasteiger partial charge in [0, 0.05) is 5.02 Å². The van der Waals surface area contributed by atoms with Crippen LogP contribution in [0.4, 0.5) is 0 Å². The molecule has 2 aromatic carbocycles. The second-order valence-corrected chi connectivity index (χ2v) is 6.37. The van der Waals surface area contributed by atoms with Gasteiger partial charge in [-0.15, -0.1) is 0 Å². The summed E-state index contributed by atoms with van der Waals surface area (Å²) < 4.78 is 23.6. The van der Waals surface area contributed by atoms with Crippen LogP contribution in [0, 0.1) is 0 Å². The van der Waals surface area contributed by atoms with E-state index in [0.717, 1.165) is 16.7 Å². The standard InChI is InChI=1S/C13H10ClNO2S/c14-8-5-6-10-9-3-1-2-4-11(9)13(12(10)7-8)18(15,16)17/h1-7,13H,(H2,15,16,17). The Morgan fingerprint density at radius 1 is 1.00 bits per heavy atom. The van der Waals surface area contributed by atoms with Crippen LogP contribution in [0.2, 0.25) is 5.02 Å². The van der Waals surface area contributed by atoms with Crippen LogP contribution in [0.3, 0.4) is 0 Å². The third-order valence-electron chi connectivity index (χ3n) is 3.16. The minimum absolute atomic E-state index is 0.509. The fourth-order valence-corrected chi connectivity index (χ4v) is 3.78. The molecule has 2 aromatic rings. The highest BCUT2D eigenvalue weighted by molar-refractivity contribution is 7.89. The third kappa shape index (κ3) is 1.65. The minimum atomic E-state index is -3.70. The lowest BCUT2D eigenvalue weighted by Gasteiger charge is -2.10. The predicted molar refractivity (Wildman–Crippen MR) is 71.8 cm³/mol. The first-order valence-electron chi connectivity index (χ1n) is 5.39. The van der Waals surface area contributed by atoms with E-state index in [0.29, 0.717) is 10.6 Å². The molecular formula is C13H10ClNO2S. The van der Waals surface area contributed by atoms with Crippen LogP contribution in [0.5, 0.6) is 0 Å².